The van der Waals surface area contributed by atoms with Crippen LogP contribution in [0.2, 0.25) is 5.02 Å². The minimum Gasteiger partial charge on any atom is -0.485 e. The van der Waals surface area contributed by atoms with Crippen LogP contribution in [0.15, 0.2) is 34.8 Å². The minimum absolute atomic E-state index is 0.172. The van der Waals surface area contributed by atoms with Crippen molar-refractivity contribution in [1.29, 1.82) is 0 Å². The second kappa shape index (κ2) is 5.04. The summed E-state index contributed by atoms with van der Waals surface area (Å²) in [6, 6.07) is 5.66. The van der Waals surface area contributed by atoms with E-state index in [9.17, 15) is 0 Å². The molecule has 80 valence electrons. The maximum absolute atomic E-state index is 6.05. The predicted molar refractivity (Wildman–Crippen MR) is 66.6 cm³/mol. The molecule has 1 nitrogen and oxygen atoms in total. The molecule has 0 saturated heterocycles. The molecular formula is C12H12BrClO. The average molecular weight is 288 g/mol. The highest BCUT2D eigenvalue weighted by atomic mass is 79.9. The predicted octanol–water partition coefficient (Wildman–Crippen LogP) is 4.59. The van der Waals surface area contributed by atoms with E-state index in [1.54, 1.807) is 0 Å². The van der Waals surface area contributed by atoms with Crippen molar-refractivity contribution in [3.8, 4) is 5.75 Å². The third-order valence-corrected chi connectivity index (χ3v) is 3.19. The van der Waals surface area contributed by atoms with Crippen molar-refractivity contribution in [2.75, 3.05) is 0 Å². The van der Waals surface area contributed by atoms with Gasteiger partial charge < -0.3 is 4.74 Å². The summed E-state index contributed by atoms with van der Waals surface area (Å²) in [6.07, 6.45) is 7.87. The largest absolute Gasteiger partial charge is 0.485 e. The van der Waals surface area contributed by atoms with Gasteiger partial charge in [-0.05, 0) is 43.5 Å². The Morgan fingerprint density at radius 2 is 2.27 bits per heavy atom. The van der Waals surface area contributed by atoms with Gasteiger partial charge in [-0.2, -0.15) is 0 Å². The van der Waals surface area contributed by atoms with Gasteiger partial charge in [-0.1, -0.05) is 33.6 Å². The van der Waals surface area contributed by atoms with Gasteiger partial charge in [0.15, 0.2) is 0 Å². The van der Waals surface area contributed by atoms with Crippen LogP contribution in [-0.4, -0.2) is 6.10 Å². The van der Waals surface area contributed by atoms with Crippen LogP contribution in [0.4, 0.5) is 0 Å². The number of hydrogen-bond donors (Lipinski definition) is 0. The van der Waals surface area contributed by atoms with E-state index < -0.39 is 0 Å². The number of ether oxygens (including phenoxy) is 1. The second-order valence-electron chi connectivity index (χ2n) is 3.59. The molecule has 1 aliphatic carbocycles. The van der Waals surface area contributed by atoms with Crippen LogP contribution in [-0.2, 0) is 0 Å². The Labute approximate surface area is 103 Å². The Morgan fingerprint density at radius 3 is 3.00 bits per heavy atom. The molecule has 1 aliphatic rings. The molecule has 0 spiro atoms. The summed E-state index contributed by atoms with van der Waals surface area (Å²) in [4.78, 5) is 0. The summed E-state index contributed by atoms with van der Waals surface area (Å²) >= 11 is 9.45. The molecule has 3 heteroatoms. The first-order valence-electron chi connectivity index (χ1n) is 5.04. The van der Waals surface area contributed by atoms with Crippen molar-refractivity contribution in [3.63, 3.8) is 0 Å². The summed E-state index contributed by atoms with van der Waals surface area (Å²) in [5, 5.41) is 0.664. The maximum Gasteiger partial charge on any atom is 0.139 e. The number of benzene rings is 1. The van der Waals surface area contributed by atoms with Crippen LogP contribution in [0.25, 0.3) is 0 Å². The lowest BCUT2D eigenvalue weighted by atomic mass is 10.1. The molecule has 0 radical (unpaired) electrons. The lowest BCUT2D eigenvalue weighted by molar-refractivity contribution is 0.230. The molecule has 0 amide bonds. The SMILES string of the molecule is Clc1ccc(Br)cc1OC1C=CCCC1. The molecule has 0 saturated carbocycles. The molecule has 2 rings (SSSR count). The Kier molecular flexibility index (Phi) is 3.71. The molecular weight excluding hydrogens is 275 g/mol. The zero-order valence-electron chi connectivity index (χ0n) is 8.25. The van der Waals surface area contributed by atoms with Gasteiger partial charge in [0.2, 0.25) is 0 Å². The van der Waals surface area contributed by atoms with Crippen LogP contribution in [0, 0.1) is 0 Å². The fourth-order valence-electron chi connectivity index (χ4n) is 1.61. The Hall–Kier alpha value is -0.470. The van der Waals surface area contributed by atoms with E-state index in [1.807, 2.05) is 18.2 Å². The summed E-state index contributed by atoms with van der Waals surface area (Å²) < 4.78 is 6.81. The fourth-order valence-corrected chi connectivity index (χ4v) is 2.11. The van der Waals surface area contributed by atoms with E-state index in [0.29, 0.717) is 5.02 Å². The van der Waals surface area contributed by atoms with E-state index in [0.717, 1.165) is 23.1 Å². The highest BCUT2D eigenvalue weighted by Gasteiger charge is 2.11. The van der Waals surface area contributed by atoms with E-state index >= 15 is 0 Å². The summed E-state index contributed by atoms with van der Waals surface area (Å²) in [6.45, 7) is 0. The Morgan fingerprint density at radius 1 is 1.40 bits per heavy atom. The normalized spacial score (nSPS) is 20.3. The Bertz CT molecular complexity index is 376. The van der Waals surface area contributed by atoms with Crippen LogP contribution < -0.4 is 4.74 Å². The van der Waals surface area contributed by atoms with Gasteiger partial charge in [0.25, 0.3) is 0 Å². The third-order valence-electron chi connectivity index (χ3n) is 2.38. The number of halogens is 2. The molecule has 1 aromatic rings. The highest BCUT2D eigenvalue weighted by molar-refractivity contribution is 9.10. The summed E-state index contributed by atoms with van der Waals surface area (Å²) in [7, 11) is 0. The van der Waals surface area contributed by atoms with Crippen molar-refractivity contribution in [1.82, 2.24) is 0 Å². The van der Waals surface area contributed by atoms with Gasteiger partial charge in [0.05, 0.1) is 5.02 Å². The molecule has 1 atom stereocenters. The summed E-state index contributed by atoms with van der Waals surface area (Å²) in [5.74, 6) is 0.752. The van der Waals surface area contributed by atoms with Crippen LogP contribution >= 0.6 is 27.5 Å². The number of rotatable bonds is 2. The highest BCUT2D eigenvalue weighted by Crippen LogP contribution is 2.30. The monoisotopic (exact) mass is 286 g/mol. The maximum atomic E-state index is 6.05. The summed E-state index contributed by atoms with van der Waals surface area (Å²) in [5.41, 5.74) is 0. The number of allylic oxidation sites excluding steroid dienone is 1. The van der Waals surface area contributed by atoms with Crippen molar-refractivity contribution in [3.05, 3.63) is 39.8 Å². The van der Waals surface area contributed by atoms with Gasteiger partial charge >= 0.3 is 0 Å². The van der Waals surface area contributed by atoms with E-state index in [4.69, 9.17) is 16.3 Å². The van der Waals surface area contributed by atoms with Gasteiger partial charge in [0, 0.05) is 4.47 Å². The first-order chi connectivity index (χ1) is 7.25. The van der Waals surface area contributed by atoms with Crippen LogP contribution in [0.5, 0.6) is 5.75 Å². The van der Waals surface area contributed by atoms with Crippen LogP contribution in [0.3, 0.4) is 0 Å². The fraction of sp³-hybridized carbons (Fsp3) is 0.333. The molecule has 1 unspecified atom stereocenters. The Balaban J connectivity index is 2.12. The number of hydrogen-bond acceptors (Lipinski definition) is 1. The lowest BCUT2D eigenvalue weighted by Gasteiger charge is -2.19. The molecule has 15 heavy (non-hydrogen) atoms. The lowest BCUT2D eigenvalue weighted by Crippen LogP contribution is -2.15. The van der Waals surface area contributed by atoms with Crippen molar-refractivity contribution < 1.29 is 4.74 Å². The zero-order chi connectivity index (χ0) is 10.7. The van der Waals surface area contributed by atoms with Gasteiger partial charge in [-0.3, -0.25) is 0 Å². The van der Waals surface area contributed by atoms with Gasteiger partial charge in [-0.15, -0.1) is 0 Å². The quantitative estimate of drug-likeness (QED) is 0.723. The molecule has 0 aliphatic heterocycles. The van der Waals surface area contributed by atoms with Crippen molar-refractivity contribution in [2.24, 2.45) is 0 Å². The molecule has 1 aromatic carbocycles. The van der Waals surface area contributed by atoms with Crippen LogP contribution in [0.1, 0.15) is 19.3 Å². The third kappa shape index (κ3) is 2.99. The smallest absolute Gasteiger partial charge is 0.139 e. The first kappa shape index (κ1) is 11.0. The standard InChI is InChI=1S/C12H12BrClO/c13-9-6-7-11(14)12(8-9)15-10-4-2-1-3-5-10/h2,4,6-8,10H,1,3,5H2. The van der Waals surface area contributed by atoms with E-state index in [1.165, 1.54) is 6.42 Å². The zero-order valence-corrected chi connectivity index (χ0v) is 10.6. The topological polar surface area (TPSA) is 9.23 Å². The van der Waals surface area contributed by atoms with Gasteiger partial charge in [0.1, 0.15) is 11.9 Å². The van der Waals surface area contributed by atoms with Crippen molar-refractivity contribution >= 4 is 27.5 Å². The van der Waals surface area contributed by atoms with E-state index in [-0.39, 0.29) is 6.10 Å². The molecule has 0 heterocycles. The van der Waals surface area contributed by atoms with E-state index in [2.05, 4.69) is 28.1 Å². The first-order valence-corrected chi connectivity index (χ1v) is 6.21. The average Bonchev–Trinajstić information content (AvgIpc) is 2.25. The van der Waals surface area contributed by atoms with Gasteiger partial charge in [-0.25, -0.2) is 0 Å². The van der Waals surface area contributed by atoms with Crippen molar-refractivity contribution in [2.45, 2.75) is 25.4 Å². The molecule has 0 fully saturated rings. The molecule has 0 bridgehead atoms. The minimum atomic E-state index is 0.172. The molecule has 0 aromatic heterocycles. The molecule has 0 N–H and O–H groups in total. The second-order valence-corrected chi connectivity index (χ2v) is 4.91.